The fraction of sp³-hybridized carbons (Fsp3) is 0.529. The van der Waals surface area contributed by atoms with Gasteiger partial charge in [0.15, 0.2) is 0 Å². The van der Waals surface area contributed by atoms with Crippen LogP contribution in [0, 0.1) is 0 Å². The van der Waals surface area contributed by atoms with Gasteiger partial charge >= 0.3 is 6.03 Å². The Kier molecular flexibility index (Phi) is 5.08. The lowest BCUT2D eigenvalue weighted by molar-refractivity contribution is 0.202. The van der Waals surface area contributed by atoms with Gasteiger partial charge in [-0.1, -0.05) is 5.16 Å². The second-order valence-corrected chi connectivity index (χ2v) is 6.35. The molecule has 128 valence electrons. The maximum atomic E-state index is 12.4. The first kappa shape index (κ1) is 16.4. The SMILES string of the molecule is C[C@H](Cc1cnccn1)NC(=O)N(C)Cc1noc2c1CCCC2. The molecule has 2 aromatic heterocycles. The summed E-state index contributed by atoms with van der Waals surface area (Å²) in [6.45, 7) is 2.42. The molecule has 1 aliphatic carbocycles. The number of urea groups is 1. The smallest absolute Gasteiger partial charge is 0.317 e. The summed E-state index contributed by atoms with van der Waals surface area (Å²) >= 11 is 0. The van der Waals surface area contributed by atoms with Crippen LogP contribution in [0.1, 0.15) is 42.5 Å². The molecule has 3 rings (SSSR count). The molecular formula is C17H23N5O2. The summed E-state index contributed by atoms with van der Waals surface area (Å²) in [4.78, 5) is 22.3. The molecule has 0 bridgehead atoms. The molecule has 1 aliphatic rings. The van der Waals surface area contributed by atoms with Gasteiger partial charge in [0.2, 0.25) is 0 Å². The first-order chi connectivity index (χ1) is 11.6. The Labute approximate surface area is 141 Å². The van der Waals surface area contributed by atoms with Gasteiger partial charge in [0, 0.05) is 50.1 Å². The predicted octanol–water partition coefficient (Wildman–Crippen LogP) is 2.12. The van der Waals surface area contributed by atoms with Crippen LogP contribution in [0.25, 0.3) is 0 Å². The van der Waals surface area contributed by atoms with Crippen molar-refractivity contribution in [2.75, 3.05) is 7.05 Å². The normalized spacial score (nSPS) is 14.8. The van der Waals surface area contributed by atoms with Crippen molar-refractivity contribution >= 4 is 6.03 Å². The van der Waals surface area contributed by atoms with E-state index in [1.54, 1.807) is 30.5 Å². The van der Waals surface area contributed by atoms with Crippen molar-refractivity contribution < 1.29 is 9.32 Å². The van der Waals surface area contributed by atoms with Crippen LogP contribution in [0.4, 0.5) is 4.79 Å². The molecule has 0 aromatic carbocycles. The Morgan fingerprint density at radius 3 is 3.00 bits per heavy atom. The highest BCUT2D eigenvalue weighted by Gasteiger charge is 2.22. The zero-order chi connectivity index (χ0) is 16.9. The maximum absolute atomic E-state index is 12.4. The van der Waals surface area contributed by atoms with E-state index in [0.29, 0.717) is 13.0 Å². The molecule has 2 amide bonds. The summed E-state index contributed by atoms with van der Waals surface area (Å²) in [5, 5.41) is 7.13. The van der Waals surface area contributed by atoms with Gasteiger partial charge in [-0.15, -0.1) is 0 Å². The van der Waals surface area contributed by atoms with Crippen LogP contribution in [0.5, 0.6) is 0 Å². The lowest BCUT2D eigenvalue weighted by atomic mass is 9.96. The number of hydrogen-bond donors (Lipinski definition) is 1. The monoisotopic (exact) mass is 329 g/mol. The van der Waals surface area contributed by atoms with E-state index in [0.717, 1.165) is 42.8 Å². The lowest BCUT2D eigenvalue weighted by Crippen LogP contribution is -2.42. The van der Waals surface area contributed by atoms with E-state index in [-0.39, 0.29) is 12.1 Å². The number of carbonyl (C=O) groups is 1. The molecule has 0 saturated heterocycles. The Bertz CT molecular complexity index is 686. The molecule has 1 N–H and O–H groups in total. The predicted molar refractivity (Wildman–Crippen MR) is 88.3 cm³/mol. The van der Waals surface area contributed by atoms with Crippen molar-refractivity contribution in [1.29, 1.82) is 0 Å². The van der Waals surface area contributed by atoms with Crippen molar-refractivity contribution in [2.45, 2.75) is 51.6 Å². The number of hydrogen-bond acceptors (Lipinski definition) is 5. The highest BCUT2D eigenvalue weighted by atomic mass is 16.5. The molecule has 7 heteroatoms. The molecule has 0 unspecified atom stereocenters. The number of rotatable bonds is 5. The van der Waals surface area contributed by atoms with Crippen LogP contribution < -0.4 is 5.32 Å². The summed E-state index contributed by atoms with van der Waals surface area (Å²) < 4.78 is 5.40. The Balaban J connectivity index is 1.54. The van der Waals surface area contributed by atoms with Crippen molar-refractivity contribution in [3.63, 3.8) is 0 Å². The Morgan fingerprint density at radius 2 is 2.21 bits per heavy atom. The number of amides is 2. The largest absolute Gasteiger partial charge is 0.361 e. The third-order valence-electron chi connectivity index (χ3n) is 4.27. The number of nitrogens with zero attached hydrogens (tertiary/aromatic N) is 4. The zero-order valence-corrected chi connectivity index (χ0v) is 14.2. The average molecular weight is 329 g/mol. The Hall–Kier alpha value is -2.44. The minimum atomic E-state index is -0.126. The van der Waals surface area contributed by atoms with Gasteiger partial charge in [0.25, 0.3) is 0 Å². The van der Waals surface area contributed by atoms with Crippen LogP contribution >= 0.6 is 0 Å². The summed E-state index contributed by atoms with van der Waals surface area (Å²) in [5.41, 5.74) is 2.93. The van der Waals surface area contributed by atoms with E-state index in [1.807, 2.05) is 6.92 Å². The molecule has 0 fully saturated rings. The molecule has 2 aromatic rings. The third kappa shape index (κ3) is 3.90. The number of fused-ring (bicyclic) bond motifs is 1. The zero-order valence-electron chi connectivity index (χ0n) is 14.2. The van der Waals surface area contributed by atoms with Crippen LogP contribution in [0.2, 0.25) is 0 Å². The third-order valence-corrected chi connectivity index (χ3v) is 4.27. The highest BCUT2D eigenvalue weighted by molar-refractivity contribution is 5.74. The molecule has 1 atom stereocenters. The molecule has 0 spiro atoms. The summed E-state index contributed by atoms with van der Waals surface area (Å²) in [5.74, 6) is 0.987. The first-order valence-electron chi connectivity index (χ1n) is 8.36. The second-order valence-electron chi connectivity index (χ2n) is 6.35. The van der Waals surface area contributed by atoms with Crippen LogP contribution in [0.3, 0.4) is 0 Å². The summed E-state index contributed by atoms with van der Waals surface area (Å²) in [6.07, 6.45) is 9.91. The fourth-order valence-corrected chi connectivity index (χ4v) is 2.99. The van der Waals surface area contributed by atoms with Crippen molar-refractivity contribution in [2.24, 2.45) is 0 Å². The summed E-state index contributed by atoms with van der Waals surface area (Å²) in [6, 6.07) is -0.151. The summed E-state index contributed by atoms with van der Waals surface area (Å²) in [7, 11) is 1.77. The van der Waals surface area contributed by atoms with Gasteiger partial charge < -0.3 is 14.7 Å². The molecule has 0 radical (unpaired) electrons. The minimum Gasteiger partial charge on any atom is -0.361 e. The van der Waals surface area contributed by atoms with E-state index in [9.17, 15) is 4.79 Å². The van der Waals surface area contributed by atoms with E-state index in [1.165, 1.54) is 5.56 Å². The highest BCUT2D eigenvalue weighted by Crippen LogP contribution is 2.24. The number of nitrogens with one attached hydrogen (secondary N) is 1. The average Bonchev–Trinajstić information content (AvgIpc) is 2.99. The molecular weight excluding hydrogens is 306 g/mol. The van der Waals surface area contributed by atoms with Crippen LogP contribution in [-0.2, 0) is 25.8 Å². The fourth-order valence-electron chi connectivity index (χ4n) is 2.99. The van der Waals surface area contributed by atoms with Gasteiger partial charge in [-0.25, -0.2) is 4.79 Å². The second kappa shape index (κ2) is 7.42. The van der Waals surface area contributed by atoms with Gasteiger partial charge in [-0.2, -0.15) is 0 Å². The van der Waals surface area contributed by atoms with E-state index < -0.39 is 0 Å². The van der Waals surface area contributed by atoms with Crippen LogP contribution in [-0.4, -0.2) is 39.1 Å². The number of aromatic nitrogens is 3. The molecule has 0 saturated carbocycles. The number of aryl methyl sites for hydroxylation is 1. The van der Waals surface area contributed by atoms with E-state index >= 15 is 0 Å². The van der Waals surface area contributed by atoms with Gasteiger partial charge in [-0.3, -0.25) is 9.97 Å². The lowest BCUT2D eigenvalue weighted by Gasteiger charge is -2.21. The first-order valence-corrected chi connectivity index (χ1v) is 8.36. The maximum Gasteiger partial charge on any atom is 0.317 e. The van der Waals surface area contributed by atoms with E-state index in [4.69, 9.17) is 4.52 Å². The van der Waals surface area contributed by atoms with Gasteiger partial charge in [0.05, 0.1) is 12.2 Å². The Morgan fingerprint density at radius 1 is 1.38 bits per heavy atom. The minimum absolute atomic E-state index is 0.0251. The van der Waals surface area contributed by atoms with Crippen molar-refractivity contribution in [3.05, 3.63) is 41.3 Å². The molecule has 0 aliphatic heterocycles. The van der Waals surface area contributed by atoms with Crippen LogP contribution in [0.15, 0.2) is 23.1 Å². The standard InChI is InChI=1S/C17H23N5O2/c1-12(9-13-10-18-7-8-19-13)20-17(23)22(2)11-15-14-5-3-4-6-16(14)24-21-15/h7-8,10,12H,3-6,9,11H2,1-2H3,(H,20,23)/t12-/m1/s1. The van der Waals surface area contributed by atoms with E-state index in [2.05, 4.69) is 20.4 Å². The quantitative estimate of drug-likeness (QED) is 0.908. The topological polar surface area (TPSA) is 84.2 Å². The van der Waals surface area contributed by atoms with Gasteiger partial charge in [-0.05, 0) is 26.2 Å². The molecule has 2 heterocycles. The van der Waals surface area contributed by atoms with Gasteiger partial charge in [0.1, 0.15) is 11.5 Å². The molecule has 24 heavy (non-hydrogen) atoms. The number of carbonyl (C=O) groups excluding carboxylic acids is 1. The van der Waals surface area contributed by atoms with Crippen molar-refractivity contribution in [3.8, 4) is 0 Å². The van der Waals surface area contributed by atoms with Crippen molar-refractivity contribution in [1.82, 2.24) is 25.3 Å². The molecule has 7 nitrogen and oxygen atoms in total.